The molecule has 2 heterocycles. The Hall–Kier alpha value is -2.82. The average molecular weight is 322 g/mol. The normalized spacial score (nSPS) is 24.2. The SMILES string of the molecule is CC1=Cc2cc([N+](=O)[O-])ccc2OC12C(C)c1ccccc1N2C. The Morgan fingerprint density at radius 3 is 2.71 bits per heavy atom. The van der Waals surface area contributed by atoms with Crippen molar-refractivity contribution >= 4 is 17.5 Å². The Balaban J connectivity index is 1.85. The summed E-state index contributed by atoms with van der Waals surface area (Å²) in [7, 11) is 2.04. The van der Waals surface area contributed by atoms with Gasteiger partial charge < -0.3 is 9.64 Å². The molecule has 122 valence electrons. The van der Waals surface area contributed by atoms with Crippen molar-refractivity contribution in [1.29, 1.82) is 0 Å². The highest BCUT2D eigenvalue weighted by molar-refractivity contribution is 5.73. The number of para-hydroxylation sites is 1. The molecule has 5 nitrogen and oxygen atoms in total. The molecule has 0 saturated carbocycles. The van der Waals surface area contributed by atoms with Crippen molar-refractivity contribution in [3.8, 4) is 5.75 Å². The predicted molar refractivity (Wildman–Crippen MR) is 93.4 cm³/mol. The second-order valence-corrected chi connectivity index (χ2v) is 6.44. The zero-order chi connectivity index (χ0) is 17.1. The number of ether oxygens (including phenoxy) is 1. The second-order valence-electron chi connectivity index (χ2n) is 6.44. The number of hydrogen-bond donors (Lipinski definition) is 0. The lowest BCUT2D eigenvalue weighted by Crippen LogP contribution is -2.53. The summed E-state index contributed by atoms with van der Waals surface area (Å²) < 4.78 is 6.47. The van der Waals surface area contributed by atoms with E-state index in [1.54, 1.807) is 12.1 Å². The number of benzene rings is 2. The van der Waals surface area contributed by atoms with Crippen LogP contribution in [0.5, 0.6) is 5.75 Å². The van der Waals surface area contributed by atoms with Crippen molar-refractivity contribution in [3.63, 3.8) is 0 Å². The van der Waals surface area contributed by atoms with Crippen LogP contribution >= 0.6 is 0 Å². The maximum absolute atomic E-state index is 11.0. The first-order valence-electron chi connectivity index (χ1n) is 7.94. The van der Waals surface area contributed by atoms with Gasteiger partial charge in [-0.05, 0) is 36.3 Å². The third-order valence-electron chi connectivity index (χ3n) is 5.26. The van der Waals surface area contributed by atoms with Crippen molar-refractivity contribution in [2.24, 2.45) is 0 Å². The standard InChI is InChI=1S/C19H18N2O3/c1-12-10-14-11-15(21(22)23)8-9-18(14)24-19(12)13(2)16-6-4-5-7-17(16)20(19)3/h4-11,13H,1-3H3. The molecule has 4 rings (SSSR count). The molecule has 2 atom stereocenters. The molecule has 0 bridgehead atoms. The molecule has 2 unspecified atom stereocenters. The fourth-order valence-electron chi connectivity index (χ4n) is 4.04. The Morgan fingerprint density at radius 2 is 2.00 bits per heavy atom. The highest BCUT2D eigenvalue weighted by Gasteiger charge is 2.52. The maximum atomic E-state index is 11.0. The van der Waals surface area contributed by atoms with Crippen LogP contribution in [0.4, 0.5) is 11.4 Å². The predicted octanol–water partition coefficient (Wildman–Crippen LogP) is 4.34. The highest BCUT2D eigenvalue weighted by Crippen LogP contribution is 2.53. The molecule has 1 spiro atoms. The Bertz CT molecular complexity index is 859. The number of non-ortho nitro benzene ring substituents is 1. The smallest absolute Gasteiger partial charge is 0.270 e. The number of hydrogen-bond acceptors (Lipinski definition) is 4. The van der Waals surface area contributed by atoms with Crippen molar-refractivity contribution in [1.82, 2.24) is 0 Å². The van der Waals surface area contributed by atoms with Crippen LogP contribution in [0.15, 0.2) is 48.0 Å². The van der Waals surface area contributed by atoms with Crippen LogP contribution in [-0.4, -0.2) is 17.7 Å². The van der Waals surface area contributed by atoms with Crippen LogP contribution in [-0.2, 0) is 0 Å². The molecule has 2 aliphatic heterocycles. The van der Waals surface area contributed by atoms with Gasteiger partial charge in [-0.2, -0.15) is 0 Å². The molecule has 0 saturated heterocycles. The van der Waals surface area contributed by atoms with Gasteiger partial charge in [0.05, 0.1) is 4.92 Å². The van der Waals surface area contributed by atoms with Crippen LogP contribution in [0, 0.1) is 10.1 Å². The van der Waals surface area contributed by atoms with E-state index in [-0.39, 0.29) is 16.5 Å². The molecule has 0 radical (unpaired) electrons. The van der Waals surface area contributed by atoms with Gasteiger partial charge in [-0.3, -0.25) is 10.1 Å². The molecule has 0 N–H and O–H groups in total. The van der Waals surface area contributed by atoms with Gasteiger partial charge in [0.25, 0.3) is 5.69 Å². The largest absolute Gasteiger partial charge is 0.463 e. The lowest BCUT2D eigenvalue weighted by Gasteiger charge is -2.44. The molecule has 5 heteroatoms. The van der Waals surface area contributed by atoms with Gasteiger partial charge in [0.2, 0.25) is 5.72 Å². The van der Waals surface area contributed by atoms with Crippen molar-refractivity contribution in [2.75, 3.05) is 11.9 Å². The first kappa shape index (κ1) is 14.8. The van der Waals surface area contributed by atoms with Gasteiger partial charge in [0.1, 0.15) is 5.75 Å². The van der Waals surface area contributed by atoms with Crippen molar-refractivity contribution in [3.05, 3.63) is 69.3 Å². The van der Waals surface area contributed by atoms with Gasteiger partial charge in [0, 0.05) is 36.3 Å². The Morgan fingerprint density at radius 1 is 1.25 bits per heavy atom. The third kappa shape index (κ3) is 1.75. The van der Waals surface area contributed by atoms with Gasteiger partial charge in [-0.25, -0.2) is 0 Å². The summed E-state index contributed by atoms with van der Waals surface area (Å²) in [6.45, 7) is 4.19. The van der Waals surface area contributed by atoms with Gasteiger partial charge >= 0.3 is 0 Å². The van der Waals surface area contributed by atoms with Crippen LogP contribution in [0.2, 0.25) is 0 Å². The van der Waals surface area contributed by atoms with E-state index in [0.29, 0.717) is 5.75 Å². The van der Waals surface area contributed by atoms with E-state index in [1.165, 1.54) is 11.6 Å². The lowest BCUT2D eigenvalue weighted by atomic mass is 9.85. The van der Waals surface area contributed by atoms with Gasteiger partial charge in [-0.15, -0.1) is 0 Å². The van der Waals surface area contributed by atoms with E-state index in [9.17, 15) is 10.1 Å². The van der Waals surface area contributed by atoms with Gasteiger partial charge in [-0.1, -0.05) is 25.1 Å². The number of anilines is 1. The number of rotatable bonds is 1. The first-order valence-corrected chi connectivity index (χ1v) is 7.94. The van der Waals surface area contributed by atoms with Crippen LogP contribution < -0.4 is 9.64 Å². The lowest BCUT2D eigenvalue weighted by molar-refractivity contribution is -0.384. The summed E-state index contributed by atoms with van der Waals surface area (Å²) in [4.78, 5) is 12.8. The first-order chi connectivity index (χ1) is 11.4. The van der Waals surface area contributed by atoms with Crippen LogP contribution in [0.25, 0.3) is 6.08 Å². The summed E-state index contributed by atoms with van der Waals surface area (Å²) in [6, 6.07) is 13.1. The molecule has 2 aromatic rings. The van der Waals surface area contributed by atoms with E-state index in [4.69, 9.17) is 4.74 Å². The highest BCUT2D eigenvalue weighted by atomic mass is 16.6. The zero-order valence-electron chi connectivity index (χ0n) is 13.8. The summed E-state index contributed by atoms with van der Waals surface area (Å²) in [5.41, 5.74) is 3.69. The molecule has 24 heavy (non-hydrogen) atoms. The minimum absolute atomic E-state index is 0.0773. The number of likely N-dealkylation sites (N-methyl/N-ethyl adjacent to an activating group) is 1. The molecular formula is C19H18N2O3. The number of nitrogens with zero attached hydrogens (tertiary/aromatic N) is 2. The molecule has 0 aliphatic carbocycles. The van der Waals surface area contributed by atoms with Gasteiger partial charge in [0.15, 0.2) is 0 Å². The summed E-state index contributed by atoms with van der Waals surface area (Å²) in [6.07, 6.45) is 2.00. The van der Waals surface area contributed by atoms with Crippen LogP contribution in [0.3, 0.4) is 0 Å². The summed E-state index contributed by atoms with van der Waals surface area (Å²) >= 11 is 0. The summed E-state index contributed by atoms with van der Waals surface area (Å²) in [5, 5.41) is 11.0. The number of nitro benzene ring substituents is 1. The van der Waals surface area contributed by atoms with Crippen molar-refractivity contribution in [2.45, 2.75) is 25.5 Å². The number of fused-ring (bicyclic) bond motifs is 2. The molecule has 0 amide bonds. The van der Waals surface area contributed by atoms with Crippen molar-refractivity contribution < 1.29 is 9.66 Å². The fraction of sp³-hybridized carbons (Fsp3) is 0.263. The fourth-order valence-corrected chi connectivity index (χ4v) is 4.04. The number of nitro groups is 1. The molecule has 2 aliphatic rings. The molecule has 2 aromatic carbocycles. The Labute approximate surface area is 140 Å². The average Bonchev–Trinajstić information content (AvgIpc) is 2.79. The topological polar surface area (TPSA) is 55.6 Å². The van der Waals surface area contributed by atoms with Crippen LogP contribution in [0.1, 0.15) is 30.9 Å². The van der Waals surface area contributed by atoms with E-state index >= 15 is 0 Å². The van der Waals surface area contributed by atoms with E-state index in [0.717, 1.165) is 16.8 Å². The summed E-state index contributed by atoms with van der Waals surface area (Å²) in [5.74, 6) is 0.830. The van der Waals surface area contributed by atoms with E-state index in [2.05, 4.69) is 24.0 Å². The third-order valence-corrected chi connectivity index (χ3v) is 5.26. The van der Waals surface area contributed by atoms with E-state index < -0.39 is 5.72 Å². The zero-order valence-corrected chi connectivity index (χ0v) is 13.8. The minimum atomic E-state index is -0.590. The molecular weight excluding hydrogens is 304 g/mol. The molecule has 0 fully saturated rings. The quantitative estimate of drug-likeness (QED) is 0.579. The second kappa shape index (κ2) is 4.84. The molecule has 0 aromatic heterocycles. The monoisotopic (exact) mass is 322 g/mol. The minimum Gasteiger partial charge on any atom is -0.463 e. The van der Waals surface area contributed by atoms with E-state index in [1.807, 2.05) is 32.2 Å². The maximum Gasteiger partial charge on any atom is 0.270 e. The Kier molecular flexibility index (Phi) is 2.97.